The highest BCUT2D eigenvalue weighted by atomic mass is 32.2. The first kappa shape index (κ1) is 27.5. The second-order valence-corrected chi connectivity index (χ2v) is 11.2. The third kappa shape index (κ3) is 3.84. The molecule has 1 amide bonds. The first-order chi connectivity index (χ1) is 16.5. The molecule has 5 atom stereocenters. The van der Waals surface area contributed by atoms with Crippen molar-refractivity contribution in [1.82, 2.24) is 4.90 Å². The van der Waals surface area contributed by atoms with Crippen LogP contribution >= 0.6 is 0 Å². The Morgan fingerprint density at radius 1 is 1.14 bits per heavy atom. The van der Waals surface area contributed by atoms with E-state index >= 15 is 0 Å². The first-order valence-corrected chi connectivity index (χ1v) is 12.9. The average molecular weight is 523 g/mol. The van der Waals surface area contributed by atoms with Crippen LogP contribution in [0.1, 0.15) is 24.5 Å². The molecule has 3 aliphatic rings. The van der Waals surface area contributed by atoms with Crippen LogP contribution in [0.5, 0.6) is 5.75 Å². The highest BCUT2D eigenvalue weighted by Gasteiger charge is 2.66. The lowest BCUT2D eigenvalue weighted by Crippen LogP contribution is -2.67. The van der Waals surface area contributed by atoms with Gasteiger partial charge in [0.1, 0.15) is 22.8 Å². The molecule has 11 nitrogen and oxygen atoms in total. The van der Waals surface area contributed by atoms with Gasteiger partial charge in [0.25, 0.3) is 5.91 Å². The summed E-state index contributed by atoms with van der Waals surface area (Å²) in [5, 5.41) is 54.9. The minimum absolute atomic E-state index is 0.170. The molecule has 0 heterocycles. The molecule has 1 aromatic carbocycles. The van der Waals surface area contributed by atoms with Gasteiger partial charge in [-0.2, -0.15) is 0 Å². The van der Waals surface area contributed by atoms with Crippen molar-refractivity contribution in [3.05, 3.63) is 46.2 Å². The predicted octanol–water partition coefficient (Wildman–Crippen LogP) is -0.376. The van der Waals surface area contributed by atoms with Gasteiger partial charge in [-0.05, 0) is 39.1 Å². The van der Waals surface area contributed by atoms with E-state index in [0.717, 1.165) is 0 Å². The molecule has 3 aliphatic carbocycles. The summed E-state index contributed by atoms with van der Waals surface area (Å²) in [5.74, 6) is -7.90. The van der Waals surface area contributed by atoms with Crippen molar-refractivity contribution in [3.8, 4) is 5.75 Å². The summed E-state index contributed by atoms with van der Waals surface area (Å²) in [4.78, 5) is 40.0. The summed E-state index contributed by atoms with van der Waals surface area (Å²) < 4.78 is 9.56. The van der Waals surface area contributed by atoms with Gasteiger partial charge in [-0.15, -0.1) is 0 Å². The van der Waals surface area contributed by atoms with Crippen LogP contribution in [-0.2, 0) is 30.8 Å². The molecule has 1 fully saturated rings. The molecular weight excluding hydrogens is 492 g/mol. The van der Waals surface area contributed by atoms with Gasteiger partial charge in [-0.3, -0.25) is 23.5 Å². The Morgan fingerprint density at radius 2 is 1.69 bits per heavy atom. The molecule has 7 N–H and O–H groups in total. The smallest absolute Gasteiger partial charge is 0.255 e. The summed E-state index contributed by atoms with van der Waals surface area (Å²) in [6.07, 6.45) is 3.08. The van der Waals surface area contributed by atoms with E-state index in [-0.39, 0.29) is 17.5 Å². The average Bonchev–Trinajstić information content (AvgIpc) is 2.73. The number of Topliss-reactive ketones (excluding diaryl/α,β-unsaturated/α-hetero) is 2. The number of likely N-dealkylation sites (N-methyl/N-ethyl adjacent to an activating group) is 1. The van der Waals surface area contributed by atoms with Crippen LogP contribution in [0.4, 0.5) is 0 Å². The van der Waals surface area contributed by atoms with Crippen molar-refractivity contribution in [1.29, 1.82) is 0 Å². The summed E-state index contributed by atoms with van der Waals surface area (Å²) >= 11 is 0. The Hall–Kier alpha value is -3.06. The Morgan fingerprint density at radius 3 is 2.19 bits per heavy atom. The second-order valence-electron chi connectivity index (χ2n) is 9.70. The summed E-state index contributed by atoms with van der Waals surface area (Å²) in [6.45, 7) is 1.40. The highest BCUT2D eigenvalue weighted by molar-refractivity contribution is 7.83. The topological polar surface area (TPSA) is 199 Å². The number of nitrogens with zero attached hydrogens (tertiary/aromatic N) is 1. The fourth-order valence-corrected chi connectivity index (χ4v) is 5.50. The summed E-state index contributed by atoms with van der Waals surface area (Å²) in [6, 6.07) is 3.02. The van der Waals surface area contributed by atoms with E-state index in [1.165, 1.54) is 44.1 Å². The molecule has 4 rings (SSSR count). The van der Waals surface area contributed by atoms with Gasteiger partial charge in [0, 0.05) is 40.7 Å². The second kappa shape index (κ2) is 9.11. The number of aliphatic hydroxyl groups excluding tert-OH is 2. The zero-order valence-corrected chi connectivity index (χ0v) is 21.3. The lowest BCUT2D eigenvalue weighted by molar-refractivity contribution is -0.159. The van der Waals surface area contributed by atoms with Crippen LogP contribution in [0.15, 0.2) is 35.1 Å². The Bertz CT molecular complexity index is 1250. The molecule has 1 saturated carbocycles. The van der Waals surface area contributed by atoms with Gasteiger partial charge in [0.05, 0.1) is 17.2 Å². The Balaban J connectivity index is 0.000000840. The van der Waals surface area contributed by atoms with Gasteiger partial charge in [0.15, 0.2) is 11.4 Å². The van der Waals surface area contributed by atoms with Gasteiger partial charge in [0.2, 0.25) is 5.78 Å². The molecule has 0 saturated heterocycles. The highest BCUT2D eigenvalue weighted by Crippen LogP contribution is 2.57. The Kier molecular flexibility index (Phi) is 6.96. The van der Waals surface area contributed by atoms with Crippen LogP contribution in [0, 0.1) is 11.8 Å². The summed E-state index contributed by atoms with van der Waals surface area (Å²) in [5.41, 5.74) is -0.548. The number of primary amides is 1. The molecule has 0 aliphatic heterocycles. The van der Waals surface area contributed by atoms with E-state index < -0.39 is 85.8 Å². The number of nitrogens with two attached hydrogens (primary N) is 1. The molecular formula is C24H30N2O9S. The first-order valence-electron chi connectivity index (χ1n) is 11.0. The zero-order valence-electron chi connectivity index (χ0n) is 20.5. The number of aromatic hydroxyl groups is 1. The van der Waals surface area contributed by atoms with Gasteiger partial charge in [-0.25, -0.2) is 0 Å². The van der Waals surface area contributed by atoms with Gasteiger partial charge >= 0.3 is 0 Å². The van der Waals surface area contributed by atoms with Crippen molar-refractivity contribution in [3.63, 3.8) is 0 Å². The largest absolute Gasteiger partial charge is 0.508 e. The molecule has 1 aromatic rings. The van der Waals surface area contributed by atoms with Crippen molar-refractivity contribution in [2.75, 3.05) is 26.6 Å². The number of phenols is 1. The maximum Gasteiger partial charge on any atom is 0.255 e. The van der Waals surface area contributed by atoms with E-state index in [0.29, 0.717) is 0 Å². The van der Waals surface area contributed by atoms with Crippen LogP contribution < -0.4 is 5.73 Å². The third-order valence-electron chi connectivity index (χ3n) is 7.02. The standard InChI is InChI=1S/C22H24N2O8.C2H6OS/c1-21(31)8-5-4-6-11(25)12(8)16(26)13-9(21)7-10-15(24(2)3)17(27)14(20(23)30)19(29)22(10,32)18(13)28;1-4(2)3/h4-6,9-10,15,25-26,29,31-32H,7H2,1-3H3,(H2,23,30);1-2H3/t9-,10-,15-,21+,22-;/m0./s1. The van der Waals surface area contributed by atoms with Crippen molar-refractivity contribution >= 4 is 34.0 Å². The number of phenolic OH excluding ortho intramolecular Hbond substituents is 1. The molecule has 0 radical (unpaired) electrons. The van der Waals surface area contributed by atoms with Crippen molar-refractivity contribution in [2.24, 2.45) is 17.6 Å². The zero-order chi connectivity index (χ0) is 27.5. The number of ketones is 2. The van der Waals surface area contributed by atoms with Crippen LogP contribution in [0.2, 0.25) is 0 Å². The fraction of sp³-hybridized carbons (Fsp3) is 0.458. The quantitative estimate of drug-likeness (QED) is 0.278. The maximum absolute atomic E-state index is 13.7. The number of hydrogen-bond donors (Lipinski definition) is 6. The third-order valence-corrected chi connectivity index (χ3v) is 7.02. The number of fused-ring (bicyclic) bond motifs is 3. The van der Waals surface area contributed by atoms with E-state index in [1.807, 2.05) is 0 Å². The number of rotatable bonds is 2. The number of amides is 1. The van der Waals surface area contributed by atoms with E-state index in [9.17, 15) is 44.1 Å². The minimum atomic E-state index is -2.75. The number of benzene rings is 1. The normalized spacial score (nSPS) is 31.5. The number of carbonyl (C=O) groups excluding carboxylic acids is 3. The van der Waals surface area contributed by atoms with E-state index in [1.54, 1.807) is 12.5 Å². The van der Waals surface area contributed by atoms with E-state index in [4.69, 9.17) is 5.73 Å². The fourth-order valence-electron chi connectivity index (χ4n) is 5.50. The molecule has 196 valence electrons. The van der Waals surface area contributed by atoms with Crippen molar-refractivity contribution < 1.29 is 44.1 Å². The van der Waals surface area contributed by atoms with Crippen molar-refractivity contribution in [2.45, 2.75) is 30.6 Å². The van der Waals surface area contributed by atoms with Crippen LogP contribution in [0.3, 0.4) is 0 Å². The molecule has 0 aromatic heterocycles. The molecule has 0 bridgehead atoms. The number of aliphatic hydroxyl groups is 4. The van der Waals surface area contributed by atoms with Crippen LogP contribution in [0.25, 0.3) is 5.76 Å². The van der Waals surface area contributed by atoms with Gasteiger partial charge in [-0.1, -0.05) is 12.1 Å². The predicted molar refractivity (Wildman–Crippen MR) is 130 cm³/mol. The number of carbonyl (C=O) groups is 3. The minimum Gasteiger partial charge on any atom is -0.508 e. The molecule has 0 spiro atoms. The SMILES string of the molecule is CN(C)[C@@H]1C(=O)C(C(N)=O)=C(O)[C@@]2(O)C(=O)C3=C(O)c4c(O)cccc4[C@@](C)(O)[C@H]3C[C@@H]12.CS(C)=O. The summed E-state index contributed by atoms with van der Waals surface area (Å²) in [7, 11) is 2.40. The lowest BCUT2D eigenvalue weighted by Gasteiger charge is -2.53. The maximum atomic E-state index is 13.7. The van der Waals surface area contributed by atoms with Gasteiger partial charge < -0.3 is 31.3 Å². The molecule has 0 unspecified atom stereocenters. The monoisotopic (exact) mass is 522 g/mol. The number of hydrogen-bond acceptors (Lipinski definition) is 10. The molecule has 36 heavy (non-hydrogen) atoms. The lowest BCUT2D eigenvalue weighted by atomic mass is 9.54. The van der Waals surface area contributed by atoms with Crippen LogP contribution in [-0.4, -0.2) is 90.4 Å². The van der Waals surface area contributed by atoms with E-state index in [2.05, 4.69) is 0 Å². The Labute approximate surface area is 210 Å². The molecule has 12 heteroatoms.